The van der Waals surface area contributed by atoms with Crippen molar-refractivity contribution in [2.24, 2.45) is 0 Å². The minimum absolute atomic E-state index is 0.0569. The van der Waals surface area contributed by atoms with Crippen molar-refractivity contribution in [2.75, 3.05) is 20.9 Å². The minimum Gasteiger partial charge on any atom is -0.325 e. The number of aryl methyl sites for hydroxylation is 4. The van der Waals surface area contributed by atoms with Crippen molar-refractivity contribution in [3.05, 3.63) is 101 Å². The second-order valence-electron chi connectivity index (χ2n) is 9.29. The normalized spacial score (nSPS) is 11.6. The first kappa shape index (κ1) is 28.7. The molecule has 4 rings (SSSR count). The molecule has 0 aliphatic rings. The summed E-state index contributed by atoms with van der Waals surface area (Å²) in [5.41, 5.74) is 4.02. The van der Waals surface area contributed by atoms with Gasteiger partial charge < -0.3 is 5.32 Å². The lowest BCUT2D eigenvalue weighted by Gasteiger charge is -2.25. The maximum Gasteiger partial charge on any atom is 0.264 e. The van der Waals surface area contributed by atoms with Crippen LogP contribution in [0.15, 0.2) is 88.8 Å². The SMILES string of the molecule is Cc1ccc(S(=O)(=O)N(CC(=O)Nc2ccc(S(=O)(=O)Nc3nccc(C)n3)cc2)c2ccc(C)c(C)c2)cc1. The third kappa shape index (κ3) is 6.64. The Kier molecular flexibility index (Phi) is 8.21. The Labute approximate surface area is 234 Å². The van der Waals surface area contributed by atoms with Gasteiger partial charge in [-0.3, -0.25) is 9.10 Å². The van der Waals surface area contributed by atoms with Crippen molar-refractivity contribution in [3.63, 3.8) is 0 Å². The molecule has 0 saturated carbocycles. The highest BCUT2D eigenvalue weighted by molar-refractivity contribution is 7.93. The molecule has 1 aromatic heterocycles. The first-order valence-electron chi connectivity index (χ1n) is 12.2. The Morgan fingerprint density at radius 2 is 1.45 bits per heavy atom. The van der Waals surface area contributed by atoms with E-state index in [4.69, 9.17) is 0 Å². The molecular formula is C28H29N5O5S2. The summed E-state index contributed by atoms with van der Waals surface area (Å²) in [5.74, 6) is -0.658. The summed E-state index contributed by atoms with van der Waals surface area (Å²) in [6.07, 6.45) is 1.44. The third-order valence-electron chi connectivity index (χ3n) is 6.14. The standard InChI is InChI=1S/C28H29N5O5S2/c1-19-5-11-26(12-6-19)40(37,38)33(24-10-7-20(2)21(3)17-24)18-27(34)31-23-8-13-25(14-9-23)39(35,36)32-28-29-16-15-22(4)30-28/h5-17H,18H2,1-4H3,(H,31,34)(H,29,30,32). The van der Waals surface area contributed by atoms with Crippen LogP contribution < -0.4 is 14.3 Å². The fourth-order valence-corrected chi connectivity index (χ4v) is 6.12. The Bertz CT molecular complexity index is 1760. The number of carbonyl (C=O) groups excluding carboxylic acids is 1. The second-order valence-corrected chi connectivity index (χ2v) is 12.8. The van der Waals surface area contributed by atoms with Gasteiger partial charge in [0.25, 0.3) is 20.0 Å². The summed E-state index contributed by atoms with van der Waals surface area (Å²) in [6, 6.07) is 18.7. The molecule has 40 heavy (non-hydrogen) atoms. The molecule has 0 atom stereocenters. The summed E-state index contributed by atoms with van der Waals surface area (Å²) in [7, 11) is -8.04. The van der Waals surface area contributed by atoms with E-state index in [-0.39, 0.29) is 15.7 Å². The van der Waals surface area contributed by atoms with Crippen molar-refractivity contribution in [1.29, 1.82) is 0 Å². The number of sulfonamides is 2. The van der Waals surface area contributed by atoms with Crippen molar-refractivity contribution in [3.8, 4) is 0 Å². The van der Waals surface area contributed by atoms with Crippen molar-refractivity contribution < 1.29 is 21.6 Å². The zero-order chi connectivity index (χ0) is 29.1. The number of hydrogen-bond donors (Lipinski definition) is 2. The van der Waals surface area contributed by atoms with Crippen LogP contribution in [0.3, 0.4) is 0 Å². The highest BCUT2D eigenvalue weighted by Gasteiger charge is 2.27. The van der Waals surface area contributed by atoms with E-state index >= 15 is 0 Å². The number of anilines is 3. The largest absolute Gasteiger partial charge is 0.325 e. The average Bonchev–Trinajstić information content (AvgIpc) is 2.89. The van der Waals surface area contributed by atoms with Gasteiger partial charge in [0.15, 0.2) is 0 Å². The zero-order valence-corrected chi connectivity index (χ0v) is 24.0. The van der Waals surface area contributed by atoms with E-state index in [1.54, 1.807) is 43.3 Å². The molecule has 0 fully saturated rings. The van der Waals surface area contributed by atoms with E-state index in [9.17, 15) is 21.6 Å². The monoisotopic (exact) mass is 579 g/mol. The summed E-state index contributed by atoms with van der Waals surface area (Å²) in [5, 5.41) is 2.65. The maximum atomic E-state index is 13.6. The van der Waals surface area contributed by atoms with Crippen molar-refractivity contribution >= 4 is 43.3 Å². The van der Waals surface area contributed by atoms with Gasteiger partial charge in [-0.05, 0) is 93.4 Å². The molecular weight excluding hydrogens is 550 g/mol. The number of nitrogens with zero attached hydrogens (tertiary/aromatic N) is 3. The molecule has 2 N–H and O–H groups in total. The van der Waals surface area contributed by atoms with Crippen LogP contribution in [0.1, 0.15) is 22.4 Å². The van der Waals surface area contributed by atoms with Crippen molar-refractivity contribution in [2.45, 2.75) is 37.5 Å². The first-order valence-corrected chi connectivity index (χ1v) is 15.2. The summed E-state index contributed by atoms with van der Waals surface area (Å²) in [4.78, 5) is 21.0. The predicted molar refractivity (Wildman–Crippen MR) is 154 cm³/mol. The molecule has 208 valence electrons. The molecule has 3 aromatic carbocycles. The van der Waals surface area contributed by atoms with Gasteiger partial charge in [-0.15, -0.1) is 0 Å². The Morgan fingerprint density at radius 3 is 2.08 bits per heavy atom. The fourth-order valence-electron chi connectivity index (χ4n) is 3.76. The van der Waals surface area contributed by atoms with E-state index in [2.05, 4.69) is 20.0 Å². The van der Waals surface area contributed by atoms with Crippen LogP contribution in [0.2, 0.25) is 0 Å². The van der Waals surface area contributed by atoms with Gasteiger partial charge in [0.1, 0.15) is 6.54 Å². The summed E-state index contributed by atoms with van der Waals surface area (Å²) >= 11 is 0. The Balaban J connectivity index is 1.55. The van der Waals surface area contributed by atoms with Gasteiger partial charge in [0, 0.05) is 17.6 Å². The molecule has 1 amide bonds. The smallest absolute Gasteiger partial charge is 0.264 e. The van der Waals surface area contributed by atoms with Crippen LogP contribution in [0.25, 0.3) is 0 Å². The van der Waals surface area contributed by atoms with Crippen LogP contribution >= 0.6 is 0 Å². The van der Waals surface area contributed by atoms with Crippen LogP contribution in [0, 0.1) is 27.7 Å². The van der Waals surface area contributed by atoms with Gasteiger partial charge in [0.05, 0.1) is 15.5 Å². The second kappa shape index (κ2) is 11.4. The lowest BCUT2D eigenvalue weighted by atomic mass is 10.1. The summed E-state index contributed by atoms with van der Waals surface area (Å²) < 4.78 is 56.0. The molecule has 0 radical (unpaired) electrons. The van der Waals surface area contributed by atoms with E-state index in [0.717, 1.165) is 21.0 Å². The van der Waals surface area contributed by atoms with Crippen LogP contribution in [0.5, 0.6) is 0 Å². The molecule has 0 bridgehead atoms. The average molecular weight is 580 g/mol. The van der Waals surface area contributed by atoms with Crippen LogP contribution in [0.4, 0.5) is 17.3 Å². The van der Waals surface area contributed by atoms with Gasteiger partial charge in [0.2, 0.25) is 11.9 Å². The molecule has 0 spiro atoms. The number of amides is 1. The van der Waals surface area contributed by atoms with E-state index in [0.29, 0.717) is 17.1 Å². The quantitative estimate of drug-likeness (QED) is 0.301. The molecule has 12 heteroatoms. The van der Waals surface area contributed by atoms with E-state index in [1.807, 2.05) is 20.8 Å². The topological polar surface area (TPSA) is 138 Å². The van der Waals surface area contributed by atoms with E-state index < -0.39 is 32.5 Å². The predicted octanol–water partition coefficient (Wildman–Crippen LogP) is 4.35. The fraction of sp³-hybridized carbons (Fsp3) is 0.179. The number of carbonyl (C=O) groups is 1. The molecule has 4 aromatic rings. The maximum absolute atomic E-state index is 13.6. The Morgan fingerprint density at radius 1 is 0.800 bits per heavy atom. The first-order chi connectivity index (χ1) is 18.8. The molecule has 0 aliphatic carbocycles. The van der Waals surface area contributed by atoms with Gasteiger partial charge >= 0.3 is 0 Å². The Hall–Kier alpha value is -4.29. The lowest BCUT2D eigenvalue weighted by Crippen LogP contribution is -2.38. The van der Waals surface area contributed by atoms with E-state index in [1.165, 1.54) is 42.6 Å². The highest BCUT2D eigenvalue weighted by Crippen LogP contribution is 2.26. The van der Waals surface area contributed by atoms with Crippen LogP contribution in [-0.4, -0.2) is 39.3 Å². The molecule has 0 unspecified atom stereocenters. The lowest BCUT2D eigenvalue weighted by molar-refractivity contribution is -0.114. The molecule has 1 heterocycles. The van der Waals surface area contributed by atoms with Crippen molar-refractivity contribution in [1.82, 2.24) is 9.97 Å². The molecule has 10 nitrogen and oxygen atoms in total. The number of nitrogens with one attached hydrogen (secondary N) is 2. The summed E-state index contributed by atoms with van der Waals surface area (Å²) in [6.45, 7) is 6.85. The highest BCUT2D eigenvalue weighted by atomic mass is 32.2. The van der Waals surface area contributed by atoms with Gasteiger partial charge in [-0.25, -0.2) is 31.5 Å². The number of hydrogen-bond acceptors (Lipinski definition) is 7. The zero-order valence-electron chi connectivity index (χ0n) is 22.4. The van der Waals surface area contributed by atoms with Gasteiger partial charge in [-0.1, -0.05) is 23.8 Å². The number of aromatic nitrogens is 2. The van der Waals surface area contributed by atoms with Crippen LogP contribution in [-0.2, 0) is 24.8 Å². The molecule has 0 saturated heterocycles. The number of benzene rings is 3. The molecule has 0 aliphatic heterocycles. The third-order valence-corrected chi connectivity index (χ3v) is 9.28. The number of rotatable bonds is 9. The minimum atomic E-state index is -4.07. The van der Waals surface area contributed by atoms with Gasteiger partial charge in [-0.2, -0.15) is 0 Å².